The maximum atomic E-state index is 13.3. The van der Waals surface area contributed by atoms with Crippen LogP contribution in [-0.2, 0) is 9.53 Å². The van der Waals surface area contributed by atoms with Gasteiger partial charge in [0.2, 0.25) is 0 Å². The van der Waals surface area contributed by atoms with E-state index in [1.165, 1.54) is 15.8 Å². The fraction of sp³-hybridized carbons (Fsp3) is 0.500. The Bertz CT molecular complexity index is 889. The van der Waals surface area contributed by atoms with Crippen molar-refractivity contribution in [3.05, 3.63) is 35.9 Å². The minimum absolute atomic E-state index is 0.0519. The molecule has 27 heavy (non-hydrogen) atoms. The number of amides is 1. The summed E-state index contributed by atoms with van der Waals surface area (Å²) in [6.07, 6.45) is 7.06. The monoisotopic (exact) mass is 371 g/mol. The predicted octanol–water partition coefficient (Wildman–Crippen LogP) is 1.24. The highest BCUT2D eigenvalue weighted by Crippen LogP contribution is 2.38. The molecule has 0 spiro atoms. The zero-order valence-electron chi connectivity index (χ0n) is 15.2. The molecule has 1 saturated carbocycles. The van der Waals surface area contributed by atoms with E-state index in [0.717, 1.165) is 18.5 Å². The molecule has 9 heteroatoms. The van der Waals surface area contributed by atoms with Gasteiger partial charge < -0.3 is 14.7 Å². The lowest BCUT2D eigenvalue weighted by Gasteiger charge is -2.42. The van der Waals surface area contributed by atoms with E-state index in [-0.39, 0.29) is 19.1 Å². The fourth-order valence-electron chi connectivity index (χ4n) is 3.24. The molecule has 2 aliphatic rings. The number of carboxylic acid groups (broad SMARTS) is 1. The van der Waals surface area contributed by atoms with Crippen molar-refractivity contribution in [2.45, 2.75) is 44.2 Å². The minimum atomic E-state index is -1.09. The van der Waals surface area contributed by atoms with Crippen molar-refractivity contribution in [1.82, 2.24) is 24.9 Å². The Hall–Kier alpha value is -2.81. The fourth-order valence-corrected chi connectivity index (χ4v) is 3.24. The van der Waals surface area contributed by atoms with Gasteiger partial charge >= 0.3 is 5.97 Å². The third-order valence-corrected chi connectivity index (χ3v) is 4.89. The van der Waals surface area contributed by atoms with Gasteiger partial charge in [0.15, 0.2) is 6.04 Å². The number of rotatable bonds is 4. The summed E-state index contributed by atoms with van der Waals surface area (Å²) < 4.78 is 7.13. The van der Waals surface area contributed by atoms with Crippen molar-refractivity contribution in [1.29, 1.82) is 0 Å². The molecule has 1 unspecified atom stereocenters. The molecular weight excluding hydrogens is 350 g/mol. The number of morpholine rings is 1. The van der Waals surface area contributed by atoms with Gasteiger partial charge in [-0.05, 0) is 32.8 Å². The summed E-state index contributed by atoms with van der Waals surface area (Å²) >= 11 is 0. The first-order valence-corrected chi connectivity index (χ1v) is 8.90. The molecule has 1 amide bonds. The van der Waals surface area contributed by atoms with E-state index < -0.39 is 17.6 Å². The van der Waals surface area contributed by atoms with Gasteiger partial charge in [-0.2, -0.15) is 0 Å². The summed E-state index contributed by atoms with van der Waals surface area (Å²) in [5.74, 6) is -1.04. The largest absolute Gasteiger partial charge is 0.480 e. The number of pyridine rings is 1. The van der Waals surface area contributed by atoms with Crippen LogP contribution in [0.5, 0.6) is 0 Å². The van der Waals surface area contributed by atoms with Crippen LogP contribution in [0.1, 0.15) is 48.7 Å². The third-order valence-electron chi connectivity index (χ3n) is 4.89. The molecule has 1 aliphatic carbocycles. The van der Waals surface area contributed by atoms with E-state index in [4.69, 9.17) is 4.74 Å². The lowest BCUT2D eigenvalue weighted by Crippen LogP contribution is -2.59. The summed E-state index contributed by atoms with van der Waals surface area (Å²) in [6, 6.07) is 0.543. The first-order valence-electron chi connectivity index (χ1n) is 8.90. The topological polar surface area (TPSA) is 110 Å². The minimum Gasteiger partial charge on any atom is -0.480 e. The van der Waals surface area contributed by atoms with Crippen LogP contribution >= 0.6 is 0 Å². The Morgan fingerprint density at radius 3 is 2.81 bits per heavy atom. The quantitative estimate of drug-likeness (QED) is 0.861. The van der Waals surface area contributed by atoms with E-state index in [1.807, 2.05) is 20.0 Å². The van der Waals surface area contributed by atoms with Crippen molar-refractivity contribution in [2.75, 3.05) is 13.2 Å². The van der Waals surface area contributed by atoms with Crippen molar-refractivity contribution in [2.24, 2.45) is 0 Å². The number of hydrogen-bond acceptors (Lipinski definition) is 6. The van der Waals surface area contributed by atoms with E-state index in [1.54, 1.807) is 12.3 Å². The zero-order chi connectivity index (χ0) is 19.2. The van der Waals surface area contributed by atoms with Crippen LogP contribution in [0.15, 0.2) is 24.7 Å². The van der Waals surface area contributed by atoms with Gasteiger partial charge in [-0.25, -0.2) is 9.48 Å². The number of hydrogen-bond donors (Lipinski definition) is 1. The van der Waals surface area contributed by atoms with Gasteiger partial charge in [0.05, 0.1) is 48.1 Å². The molecule has 142 valence electrons. The first-order chi connectivity index (χ1) is 12.9. The molecule has 1 aliphatic heterocycles. The van der Waals surface area contributed by atoms with Gasteiger partial charge in [0.25, 0.3) is 5.91 Å². The van der Waals surface area contributed by atoms with Crippen LogP contribution in [0.2, 0.25) is 0 Å². The number of carbonyl (C=O) groups is 2. The lowest BCUT2D eigenvalue weighted by atomic mass is 10.0. The maximum Gasteiger partial charge on any atom is 0.328 e. The van der Waals surface area contributed by atoms with Gasteiger partial charge in [-0.1, -0.05) is 5.21 Å². The highest BCUT2D eigenvalue weighted by molar-refractivity contribution is 5.99. The molecule has 9 nitrogen and oxygen atoms in total. The zero-order valence-corrected chi connectivity index (χ0v) is 15.2. The third kappa shape index (κ3) is 3.42. The first kappa shape index (κ1) is 17.6. The molecule has 2 aromatic heterocycles. The lowest BCUT2D eigenvalue weighted by molar-refractivity contribution is -0.157. The van der Waals surface area contributed by atoms with Gasteiger partial charge in [0.1, 0.15) is 0 Å². The van der Waals surface area contributed by atoms with E-state index in [9.17, 15) is 14.7 Å². The number of carbonyl (C=O) groups excluding carboxylic acids is 1. The smallest absolute Gasteiger partial charge is 0.328 e. The molecule has 0 bridgehead atoms. The summed E-state index contributed by atoms with van der Waals surface area (Å²) in [6.45, 7) is 3.79. The molecule has 1 N–H and O–H groups in total. The van der Waals surface area contributed by atoms with Crippen LogP contribution in [0.25, 0.3) is 5.69 Å². The van der Waals surface area contributed by atoms with Crippen molar-refractivity contribution < 1.29 is 19.4 Å². The Labute approximate surface area is 155 Å². The van der Waals surface area contributed by atoms with Crippen LogP contribution in [-0.4, -0.2) is 66.7 Å². The second kappa shape index (κ2) is 6.41. The number of aliphatic carboxylic acids is 1. The Kier molecular flexibility index (Phi) is 4.18. The van der Waals surface area contributed by atoms with Gasteiger partial charge in [0, 0.05) is 12.1 Å². The van der Waals surface area contributed by atoms with E-state index in [2.05, 4.69) is 15.3 Å². The Morgan fingerprint density at radius 1 is 1.33 bits per heavy atom. The summed E-state index contributed by atoms with van der Waals surface area (Å²) in [5, 5.41) is 17.8. The normalized spacial score (nSPS) is 21.9. The standard InChI is InChI=1S/C18H21N5O4/c1-18(2)10-22(15(9-27-18)17(25)26)16(24)12-5-6-19-7-14(12)23-8-13(20-21-23)11-3-4-11/h5-8,11,15H,3-4,9-10H2,1-2H3,(H,25,26). The molecule has 0 aromatic carbocycles. The number of carboxylic acids is 1. The molecule has 2 fully saturated rings. The molecule has 1 saturated heterocycles. The van der Waals surface area contributed by atoms with Crippen LogP contribution in [0.4, 0.5) is 0 Å². The van der Waals surface area contributed by atoms with Crippen molar-refractivity contribution in [3.63, 3.8) is 0 Å². The molecular formula is C18H21N5O4. The maximum absolute atomic E-state index is 13.3. The molecule has 4 rings (SSSR count). The van der Waals surface area contributed by atoms with Crippen LogP contribution in [0.3, 0.4) is 0 Å². The second-order valence-electron chi connectivity index (χ2n) is 7.61. The Morgan fingerprint density at radius 2 is 2.11 bits per heavy atom. The number of ether oxygens (including phenoxy) is 1. The molecule has 2 aromatic rings. The van der Waals surface area contributed by atoms with Gasteiger partial charge in [-0.3, -0.25) is 9.78 Å². The van der Waals surface area contributed by atoms with Crippen LogP contribution in [0, 0.1) is 0 Å². The number of aromatic nitrogens is 4. The Balaban J connectivity index is 1.69. The number of nitrogens with zero attached hydrogens (tertiary/aromatic N) is 5. The molecule has 1 atom stereocenters. The highest BCUT2D eigenvalue weighted by Gasteiger charge is 2.41. The van der Waals surface area contributed by atoms with Gasteiger partial charge in [-0.15, -0.1) is 5.10 Å². The van der Waals surface area contributed by atoms with Crippen molar-refractivity contribution in [3.8, 4) is 5.69 Å². The highest BCUT2D eigenvalue weighted by atomic mass is 16.5. The molecule has 3 heterocycles. The SMILES string of the molecule is CC1(C)CN(C(=O)c2ccncc2-n2cc(C3CC3)nn2)C(C(=O)O)CO1. The van der Waals surface area contributed by atoms with E-state index >= 15 is 0 Å². The predicted molar refractivity (Wildman–Crippen MR) is 93.6 cm³/mol. The van der Waals surface area contributed by atoms with Crippen molar-refractivity contribution >= 4 is 11.9 Å². The summed E-state index contributed by atoms with van der Waals surface area (Å²) in [5.41, 5.74) is 1.09. The summed E-state index contributed by atoms with van der Waals surface area (Å²) in [7, 11) is 0. The van der Waals surface area contributed by atoms with Crippen LogP contribution < -0.4 is 0 Å². The average molecular weight is 371 g/mol. The summed E-state index contributed by atoms with van der Waals surface area (Å²) in [4.78, 5) is 30.4. The second-order valence-corrected chi connectivity index (χ2v) is 7.61. The van der Waals surface area contributed by atoms with E-state index in [0.29, 0.717) is 17.2 Å². The molecule has 0 radical (unpaired) electrons. The average Bonchev–Trinajstić information content (AvgIpc) is 3.37.